The van der Waals surface area contributed by atoms with E-state index in [9.17, 15) is 9.90 Å². The fraction of sp³-hybridized carbons (Fsp3) is 0.176. The van der Waals surface area contributed by atoms with E-state index in [1.165, 1.54) is 12.1 Å². The smallest absolute Gasteiger partial charge is 0.195 e. The zero-order chi connectivity index (χ0) is 16.7. The standard InChI is InChI=1S/C17H14Cl2N2O2/c1-3-13-14(10-5-4-6-20-17(10)21(13)2)15(22)9-7-11(18)16(23)12(19)8-9/h4-8,23H,3H2,1-2H3. The number of benzene rings is 1. The second kappa shape index (κ2) is 5.87. The first-order chi connectivity index (χ1) is 11.0. The quantitative estimate of drug-likeness (QED) is 0.714. The molecule has 3 rings (SSSR count). The van der Waals surface area contributed by atoms with Gasteiger partial charge in [0.2, 0.25) is 0 Å². The number of pyridine rings is 1. The molecule has 0 atom stereocenters. The van der Waals surface area contributed by atoms with E-state index >= 15 is 0 Å². The Kier molecular flexibility index (Phi) is 4.04. The van der Waals surface area contributed by atoms with Crippen LogP contribution in [-0.4, -0.2) is 20.4 Å². The molecule has 1 N–H and O–H groups in total. The molecule has 0 spiro atoms. The molecule has 0 aliphatic carbocycles. The molecular weight excluding hydrogens is 335 g/mol. The van der Waals surface area contributed by atoms with Crippen molar-refractivity contribution in [3.05, 3.63) is 57.3 Å². The number of fused-ring (bicyclic) bond motifs is 1. The topological polar surface area (TPSA) is 55.1 Å². The van der Waals surface area contributed by atoms with Gasteiger partial charge in [0.1, 0.15) is 5.65 Å². The van der Waals surface area contributed by atoms with Crippen molar-refractivity contribution in [1.82, 2.24) is 9.55 Å². The summed E-state index contributed by atoms with van der Waals surface area (Å²) in [7, 11) is 1.89. The zero-order valence-corrected chi connectivity index (χ0v) is 14.1. The Balaban J connectivity index is 2.26. The highest BCUT2D eigenvalue weighted by molar-refractivity contribution is 6.38. The third-order valence-corrected chi connectivity index (χ3v) is 4.48. The summed E-state index contributed by atoms with van der Waals surface area (Å²) in [6.07, 6.45) is 2.39. The SMILES string of the molecule is CCc1c(C(=O)c2cc(Cl)c(O)c(Cl)c2)c2cccnc2n1C. The number of aryl methyl sites for hydroxylation is 1. The number of rotatable bonds is 3. The van der Waals surface area contributed by atoms with Crippen LogP contribution in [0.15, 0.2) is 30.5 Å². The first kappa shape index (κ1) is 15.8. The van der Waals surface area contributed by atoms with Crippen molar-refractivity contribution in [2.45, 2.75) is 13.3 Å². The van der Waals surface area contributed by atoms with Crippen LogP contribution >= 0.6 is 23.2 Å². The summed E-state index contributed by atoms with van der Waals surface area (Å²) in [6.45, 7) is 1.99. The number of ketones is 1. The zero-order valence-electron chi connectivity index (χ0n) is 12.6. The normalized spacial score (nSPS) is 11.1. The number of aromatic nitrogens is 2. The Labute approximate surface area is 143 Å². The minimum Gasteiger partial charge on any atom is -0.505 e. The van der Waals surface area contributed by atoms with Gasteiger partial charge in [0.05, 0.1) is 15.6 Å². The molecule has 0 radical (unpaired) electrons. The van der Waals surface area contributed by atoms with Crippen LogP contribution in [0.3, 0.4) is 0 Å². The number of phenolic OH excluding ortho intramolecular Hbond substituents is 1. The van der Waals surface area contributed by atoms with Gasteiger partial charge in [-0.1, -0.05) is 30.1 Å². The number of carbonyl (C=O) groups is 1. The van der Waals surface area contributed by atoms with Gasteiger partial charge in [0.25, 0.3) is 0 Å². The molecule has 0 bridgehead atoms. The van der Waals surface area contributed by atoms with Crippen molar-refractivity contribution in [3.8, 4) is 5.75 Å². The van der Waals surface area contributed by atoms with Crippen molar-refractivity contribution in [2.24, 2.45) is 7.05 Å². The lowest BCUT2D eigenvalue weighted by molar-refractivity contribution is 0.103. The summed E-state index contributed by atoms with van der Waals surface area (Å²) < 4.78 is 1.92. The van der Waals surface area contributed by atoms with Gasteiger partial charge < -0.3 is 9.67 Å². The highest BCUT2D eigenvalue weighted by Crippen LogP contribution is 2.35. The van der Waals surface area contributed by atoms with Crippen LogP contribution in [0.5, 0.6) is 5.75 Å². The van der Waals surface area contributed by atoms with Crippen LogP contribution in [0.4, 0.5) is 0 Å². The van der Waals surface area contributed by atoms with E-state index < -0.39 is 0 Å². The molecule has 2 aromatic heterocycles. The Morgan fingerprint density at radius 3 is 2.57 bits per heavy atom. The Hall–Kier alpha value is -2.04. The van der Waals surface area contributed by atoms with E-state index in [-0.39, 0.29) is 21.6 Å². The number of carbonyl (C=O) groups excluding carboxylic acids is 1. The summed E-state index contributed by atoms with van der Waals surface area (Å²) >= 11 is 11.9. The number of halogens is 2. The predicted molar refractivity (Wildman–Crippen MR) is 91.7 cm³/mol. The van der Waals surface area contributed by atoms with Gasteiger partial charge in [-0.15, -0.1) is 0 Å². The molecule has 0 aliphatic rings. The Morgan fingerprint density at radius 1 is 1.30 bits per heavy atom. The third-order valence-electron chi connectivity index (χ3n) is 3.91. The van der Waals surface area contributed by atoms with E-state index in [1.807, 2.05) is 24.6 Å². The van der Waals surface area contributed by atoms with Crippen LogP contribution in [-0.2, 0) is 13.5 Å². The maximum absolute atomic E-state index is 13.0. The molecular formula is C17H14Cl2N2O2. The molecule has 3 aromatic rings. The number of hydrogen-bond donors (Lipinski definition) is 1. The summed E-state index contributed by atoms with van der Waals surface area (Å²) in [4.78, 5) is 17.4. The van der Waals surface area contributed by atoms with Crippen molar-refractivity contribution in [3.63, 3.8) is 0 Å². The minimum absolute atomic E-state index is 0.0530. The van der Waals surface area contributed by atoms with Crippen molar-refractivity contribution in [2.75, 3.05) is 0 Å². The van der Waals surface area contributed by atoms with Gasteiger partial charge in [-0.3, -0.25) is 4.79 Å². The lowest BCUT2D eigenvalue weighted by Crippen LogP contribution is -2.06. The van der Waals surface area contributed by atoms with Crippen molar-refractivity contribution < 1.29 is 9.90 Å². The van der Waals surface area contributed by atoms with Crippen molar-refractivity contribution in [1.29, 1.82) is 0 Å². The molecule has 0 fully saturated rings. The molecule has 2 heterocycles. The molecule has 23 heavy (non-hydrogen) atoms. The summed E-state index contributed by atoms with van der Waals surface area (Å²) in [5, 5.41) is 10.6. The lowest BCUT2D eigenvalue weighted by atomic mass is 9.99. The monoisotopic (exact) mass is 348 g/mol. The summed E-state index contributed by atoms with van der Waals surface area (Å²) in [5.41, 5.74) is 2.58. The average molecular weight is 349 g/mol. The minimum atomic E-state index is -0.222. The summed E-state index contributed by atoms with van der Waals surface area (Å²) in [6, 6.07) is 6.53. The van der Waals surface area contributed by atoms with E-state index in [4.69, 9.17) is 23.2 Å². The average Bonchev–Trinajstić information content (AvgIpc) is 2.84. The van der Waals surface area contributed by atoms with Crippen molar-refractivity contribution >= 4 is 40.0 Å². The van der Waals surface area contributed by atoms with Crippen LogP contribution < -0.4 is 0 Å². The van der Waals surface area contributed by atoms with Gasteiger partial charge in [-0.2, -0.15) is 0 Å². The first-order valence-electron chi connectivity index (χ1n) is 7.10. The second-order valence-corrected chi connectivity index (χ2v) is 6.04. The van der Waals surface area contributed by atoms with Crippen LogP contribution in [0.25, 0.3) is 11.0 Å². The van der Waals surface area contributed by atoms with E-state index in [1.54, 1.807) is 12.3 Å². The van der Waals surface area contributed by atoms with Crippen LogP contribution in [0.1, 0.15) is 28.5 Å². The van der Waals surface area contributed by atoms with Gasteiger partial charge in [-0.05, 0) is 30.7 Å². The number of aromatic hydroxyl groups is 1. The second-order valence-electron chi connectivity index (χ2n) is 5.23. The first-order valence-corrected chi connectivity index (χ1v) is 7.86. The molecule has 0 aliphatic heterocycles. The third kappa shape index (κ3) is 2.48. The highest BCUT2D eigenvalue weighted by Gasteiger charge is 2.23. The Bertz CT molecular complexity index is 909. The van der Waals surface area contributed by atoms with E-state index in [2.05, 4.69) is 4.98 Å². The van der Waals surface area contributed by atoms with Crippen LogP contribution in [0.2, 0.25) is 10.0 Å². The fourth-order valence-corrected chi connectivity index (χ4v) is 3.31. The molecule has 0 unspecified atom stereocenters. The van der Waals surface area contributed by atoms with E-state index in [0.29, 0.717) is 17.5 Å². The lowest BCUT2D eigenvalue weighted by Gasteiger charge is -2.07. The molecule has 4 nitrogen and oxygen atoms in total. The number of hydrogen-bond acceptors (Lipinski definition) is 3. The Morgan fingerprint density at radius 2 is 1.96 bits per heavy atom. The van der Waals surface area contributed by atoms with Gasteiger partial charge in [-0.25, -0.2) is 4.98 Å². The molecule has 0 saturated heterocycles. The maximum atomic E-state index is 13.0. The molecule has 118 valence electrons. The number of nitrogens with zero attached hydrogens (tertiary/aromatic N) is 2. The van der Waals surface area contributed by atoms with Crippen LogP contribution in [0, 0.1) is 0 Å². The molecule has 0 amide bonds. The molecule has 6 heteroatoms. The fourth-order valence-electron chi connectivity index (χ4n) is 2.82. The molecule has 1 aromatic carbocycles. The highest BCUT2D eigenvalue weighted by atomic mass is 35.5. The molecule has 0 saturated carbocycles. The largest absolute Gasteiger partial charge is 0.505 e. The predicted octanol–water partition coefficient (Wildman–Crippen LogP) is 4.38. The van der Waals surface area contributed by atoms with Gasteiger partial charge in [0, 0.05) is 29.9 Å². The van der Waals surface area contributed by atoms with Gasteiger partial charge >= 0.3 is 0 Å². The van der Waals surface area contributed by atoms with Gasteiger partial charge in [0.15, 0.2) is 11.5 Å². The van der Waals surface area contributed by atoms with E-state index in [0.717, 1.165) is 16.7 Å². The number of phenols is 1. The summed E-state index contributed by atoms with van der Waals surface area (Å²) in [5.74, 6) is -0.413. The maximum Gasteiger partial charge on any atom is 0.195 e.